The number of carbonyl (C=O) groups is 2. The molecule has 20 heavy (non-hydrogen) atoms. The van der Waals surface area contributed by atoms with Gasteiger partial charge in [-0.3, -0.25) is 9.59 Å². The van der Waals surface area contributed by atoms with Crippen molar-refractivity contribution in [2.24, 2.45) is 0 Å². The lowest BCUT2D eigenvalue weighted by Gasteiger charge is -2.06. The van der Waals surface area contributed by atoms with Gasteiger partial charge in [0.05, 0.1) is 6.42 Å². The largest absolute Gasteiger partial charge is 0.385 e. The molecule has 1 heterocycles. The number of benzene rings is 1. The minimum absolute atomic E-state index is 0.0179. The third-order valence-electron chi connectivity index (χ3n) is 3.31. The summed E-state index contributed by atoms with van der Waals surface area (Å²) in [6.07, 6.45) is 3.39. The Kier molecular flexibility index (Phi) is 5.12. The fourth-order valence-corrected chi connectivity index (χ4v) is 2.21. The van der Waals surface area contributed by atoms with Crippen LogP contribution in [0.3, 0.4) is 0 Å². The van der Waals surface area contributed by atoms with Gasteiger partial charge >= 0.3 is 0 Å². The monoisotopic (exact) mass is 276 g/mol. The number of unbranched alkanes of at least 4 members (excludes halogenated alkanes) is 2. The number of anilines is 1. The number of methoxy groups -OCH3 is 1. The summed E-state index contributed by atoms with van der Waals surface area (Å²) in [7, 11) is 1.69. The molecule has 0 aromatic heterocycles. The maximum atomic E-state index is 12.0. The molecule has 0 bridgehead atoms. The molecule has 1 aliphatic rings. The number of ether oxygens (including phenoxy) is 1. The Morgan fingerprint density at radius 2 is 2.20 bits per heavy atom. The predicted molar refractivity (Wildman–Crippen MR) is 76.8 cm³/mol. The Bertz CT molecular complexity index is 500. The Morgan fingerprint density at radius 1 is 1.35 bits per heavy atom. The van der Waals surface area contributed by atoms with Gasteiger partial charge in [0, 0.05) is 31.5 Å². The number of carbonyl (C=O) groups excluding carboxylic acids is 2. The third-order valence-corrected chi connectivity index (χ3v) is 3.31. The lowest BCUT2D eigenvalue weighted by molar-refractivity contribution is -0.115. The molecule has 0 spiro atoms. The quantitative estimate of drug-likeness (QED) is 0.745. The number of rotatable bonds is 7. The average Bonchev–Trinajstić information content (AvgIpc) is 2.81. The summed E-state index contributed by atoms with van der Waals surface area (Å²) < 4.78 is 4.97. The Labute approximate surface area is 118 Å². The van der Waals surface area contributed by atoms with Crippen LogP contribution in [-0.4, -0.2) is 32.1 Å². The van der Waals surface area contributed by atoms with Crippen LogP contribution in [0.4, 0.5) is 5.69 Å². The molecule has 0 atom stereocenters. The lowest BCUT2D eigenvalue weighted by atomic mass is 10.1. The van der Waals surface area contributed by atoms with E-state index >= 15 is 0 Å². The van der Waals surface area contributed by atoms with Crippen LogP contribution in [0.15, 0.2) is 18.2 Å². The molecular weight excluding hydrogens is 256 g/mol. The first-order chi connectivity index (χ1) is 9.70. The molecule has 0 saturated heterocycles. The van der Waals surface area contributed by atoms with Crippen molar-refractivity contribution in [1.82, 2.24) is 5.32 Å². The van der Waals surface area contributed by atoms with Crippen LogP contribution in [-0.2, 0) is 16.0 Å². The summed E-state index contributed by atoms with van der Waals surface area (Å²) in [5.41, 5.74) is 2.29. The van der Waals surface area contributed by atoms with Gasteiger partial charge in [0.2, 0.25) is 5.91 Å². The van der Waals surface area contributed by atoms with Gasteiger partial charge in [-0.1, -0.05) is 6.07 Å². The topological polar surface area (TPSA) is 67.4 Å². The number of hydrogen-bond acceptors (Lipinski definition) is 3. The van der Waals surface area contributed by atoms with Gasteiger partial charge in [-0.2, -0.15) is 0 Å². The van der Waals surface area contributed by atoms with Crippen molar-refractivity contribution in [2.75, 3.05) is 25.6 Å². The van der Waals surface area contributed by atoms with Crippen LogP contribution in [0, 0.1) is 0 Å². The van der Waals surface area contributed by atoms with E-state index < -0.39 is 0 Å². The van der Waals surface area contributed by atoms with Crippen molar-refractivity contribution in [1.29, 1.82) is 0 Å². The number of fused-ring (bicyclic) bond motifs is 1. The Balaban J connectivity index is 1.79. The van der Waals surface area contributed by atoms with E-state index in [1.165, 1.54) is 0 Å². The van der Waals surface area contributed by atoms with Crippen molar-refractivity contribution in [2.45, 2.75) is 25.7 Å². The van der Waals surface area contributed by atoms with Crippen molar-refractivity contribution >= 4 is 17.5 Å². The highest BCUT2D eigenvalue weighted by Gasteiger charge is 2.18. The Morgan fingerprint density at radius 3 is 3.00 bits per heavy atom. The summed E-state index contributed by atoms with van der Waals surface area (Å²) in [5, 5.41) is 5.64. The van der Waals surface area contributed by atoms with E-state index in [9.17, 15) is 9.59 Å². The van der Waals surface area contributed by atoms with Crippen molar-refractivity contribution in [3.63, 3.8) is 0 Å². The van der Waals surface area contributed by atoms with Gasteiger partial charge in [-0.25, -0.2) is 0 Å². The van der Waals surface area contributed by atoms with E-state index in [0.717, 1.165) is 37.1 Å². The van der Waals surface area contributed by atoms with Gasteiger partial charge in [-0.05, 0) is 37.0 Å². The van der Waals surface area contributed by atoms with Crippen LogP contribution in [0.25, 0.3) is 0 Å². The summed E-state index contributed by atoms with van der Waals surface area (Å²) in [6.45, 7) is 1.42. The van der Waals surface area contributed by atoms with Gasteiger partial charge in [-0.15, -0.1) is 0 Å². The SMILES string of the molecule is COCCCCCNC(=O)c1ccc2c(c1)NC(=O)C2. The van der Waals surface area contributed by atoms with E-state index in [-0.39, 0.29) is 11.8 Å². The van der Waals surface area contributed by atoms with E-state index in [2.05, 4.69) is 10.6 Å². The second kappa shape index (κ2) is 7.05. The number of hydrogen-bond donors (Lipinski definition) is 2. The van der Waals surface area contributed by atoms with E-state index in [0.29, 0.717) is 18.5 Å². The predicted octanol–water partition coefficient (Wildman–Crippen LogP) is 1.73. The zero-order chi connectivity index (χ0) is 14.4. The Hall–Kier alpha value is -1.88. The molecule has 2 amide bonds. The summed E-state index contributed by atoms with van der Waals surface area (Å²) in [6, 6.07) is 5.33. The highest BCUT2D eigenvalue weighted by molar-refractivity contribution is 6.02. The fourth-order valence-electron chi connectivity index (χ4n) is 2.21. The first-order valence-corrected chi connectivity index (χ1v) is 6.90. The molecule has 108 valence electrons. The molecule has 2 N–H and O–H groups in total. The smallest absolute Gasteiger partial charge is 0.251 e. The van der Waals surface area contributed by atoms with Crippen molar-refractivity contribution < 1.29 is 14.3 Å². The molecule has 5 nitrogen and oxygen atoms in total. The molecule has 0 fully saturated rings. The standard InChI is InChI=1S/C15H20N2O3/c1-20-8-4-2-3-7-16-15(19)12-6-5-11-10-14(18)17-13(11)9-12/h5-6,9H,2-4,7-8,10H2,1H3,(H,16,19)(H,17,18). The fraction of sp³-hybridized carbons (Fsp3) is 0.467. The second-order valence-corrected chi connectivity index (χ2v) is 4.91. The zero-order valence-corrected chi connectivity index (χ0v) is 11.7. The van der Waals surface area contributed by atoms with Gasteiger partial charge in [0.1, 0.15) is 0 Å². The second-order valence-electron chi connectivity index (χ2n) is 4.91. The molecule has 2 rings (SSSR count). The van der Waals surface area contributed by atoms with Gasteiger partial charge < -0.3 is 15.4 Å². The summed E-state index contributed by atoms with van der Waals surface area (Å²) in [5.74, 6) is -0.114. The normalized spacial score (nSPS) is 12.9. The summed E-state index contributed by atoms with van der Waals surface area (Å²) >= 11 is 0. The molecule has 0 radical (unpaired) electrons. The van der Waals surface area contributed by atoms with Crippen molar-refractivity contribution in [3.05, 3.63) is 29.3 Å². The maximum Gasteiger partial charge on any atom is 0.251 e. The molecular formula is C15H20N2O3. The third kappa shape index (κ3) is 3.81. The molecule has 5 heteroatoms. The number of nitrogens with one attached hydrogen (secondary N) is 2. The highest BCUT2D eigenvalue weighted by Crippen LogP contribution is 2.23. The molecule has 1 aromatic rings. The lowest BCUT2D eigenvalue weighted by Crippen LogP contribution is -2.24. The van der Waals surface area contributed by atoms with Crippen LogP contribution in [0.1, 0.15) is 35.2 Å². The van der Waals surface area contributed by atoms with Crippen LogP contribution >= 0.6 is 0 Å². The molecule has 0 aliphatic carbocycles. The molecule has 0 unspecified atom stereocenters. The minimum atomic E-state index is -0.0966. The molecule has 1 aromatic carbocycles. The van der Waals surface area contributed by atoms with Gasteiger partial charge in [0.15, 0.2) is 0 Å². The maximum absolute atomic E-state index is 12.0. The van der Waals surface area contributed by atoms with Gasteiger partial charge in [0.25, 0.3) is 5.91 Å². The zero-order valence-electron chi connectivity index (χ0n) is 11.7. The minimum Gasteiger partial charge on any atom is -0.385 e. The van der Waals surface area contributed by atoms with Crippen LogP contribution < -0.4 is 10.6 Å². The summed E-state index contributed by atoms with van der Waals surface area (Å²) in [4.78, 5) is 23.2. The highest BCUT2D eigenvalue weighted by atomic mass is 16.5. The van der Waals surface area contributed by atoms with Crippen LogP contribution in [0.5, 0.6) is 0 Å². The average molecular weight is 276 g/mol. The van der Waals surface area contributed by atoms with Crippen LogP contribution in [0.2, 0.25) is 0 Å². The first-order valence-electron chi connectivity index (χ1n) is 6.90. The number of amides is 2. The first kappa shape index (κ1) is 14.5. The van der Waals surface area contributed by atoms with E-state index in [4.69, 9.17) is 4.74 Å². The van der Waals surface area contributed by atoms with E-state index in [1.54, 1.807) is 19.2 Å². The van der Waals surface area contributed by atoms with E-state index in [1.807, 2.05) is 6.07 Å². The molecule has 0 saturated carbocycles. The van der Waals surface area contributed by atoms with Crippen molar-refractivity contribution in [3.8, 4) is 0 Å². The molecule has 1 aliphatic heterocycles.